The fourth-order valence-corrected chi connectivity index (χ4v) is 7.37. The summed E-state index contributed by atoms with van der Waals surface area (Å²) in [5.41, 5.74) is 3.78. The molecule has 0 N–H and O–H groups in total. The second kappa shape index (κ2) is 13.6. The van der Waals surface area contributed by atoms with Crippen molar-refractivity contribution in [2.45, 2.75) is 110 Å². The second-order valence-corrected chi connectivity index (χ2v) is 12.5. The number of unbranched alkanes of at least 4 members (excludes halogenated alkanes) is 2. The lowest BCUT2D eigenvalue weighted by Gasteiger charge is -2.38. The molecule has 1 saturated heterocycles. The number of ether oxygens (including phenoxy) is 2. The van der Waals surface area contributed by atoms with Gasteiger partial charge in [-0.3, -0.25) is 0 Å². The first-order chi connectivity index (χ1) is 18.6. The summed E-state index contributed by atoms with van der Waals surface area (Å²) in [5.74, 6) is 3.72. The van der Waals surface area contributed by atoms with Gasteiger partial charge in [-0.15, -0.1) is 0 Å². The van der Waals surface area contributed by atoms with Crippen molar-refractivity contribution in [2.24, 2.45) is 23.7 Å². The van der Waals surface area contributed by atoms with Gasteiger partial charge in [-0.05, 0) is 85.8 Å². The average Bonchev–Trinajstić information content (AvgIpc) is 2.98. The van der Waals surface area contributed by atoms with E-state index in [1.165, 1.54) is 82.6 Å². The van der Waals surface area contributed by atoms with E-state index < -0.39 is 0 Å². The van der Waals surface area contributed by atoms with Gasteiger partial charge in [0.1, 0.15) is 5.82 Å². The van der Waals surface area contributed by atoms with Gasteiger partial charge in [0, 0.05) is 17.0 Å². The van der Waals surface area contributed by atoms with E-state index in [2.05, 4.69) is 19.9 Å². The van der Waals surface area contributed by atoms with E-state index in [-0.39, 0.29) is 12.1 Å². The van der Waals surface area contributed by atoms with Crippen molar-refractivity contribution in [1.29, 1.82) is 0 Å². The Bertz CT molecular complexity index is 977. The average molecular weight is 521 g/mol. The van der Waals surface area contributed by atoms with E-state index in [0.717, 1.165) is 48.5 Å². The van der Waals surface area contributed by atoms with E-state index in [4.69, 9.17) is 9.47 Å². The lowest BCUT2D eigenvalue weighted by atomic mass is 9.68. The van der Waals surface area contributed by atoms with Crippen molar-refractivity contribution in [2.75, 3.05) is 13.2 Å². The second-order valence-electron chi connectivity index (χ2n) is 12.5. The Labute approximate surface area is 230 Å². The van der Waals surface area contributed by atoms with Gasteiger partial charge in [-0.2, -0.15) is 0 Å². The molecule has 38 heavy (non-hydrogen) atoms. The van der Waals surface area contributed by atoms with Crippen LogP contribution in [0.15, 0.2) is 42.5 Å². The first kappa shape index (κ1) is 27.8. The molecule has 0 atom stereocenters. The van der Waals surface area contributed by atoms with Gasteiger partial charge >= 0.3 is 0 Å². The lowest BCUT2D eigenvalue weighted by Crippen LogP contribution is -2.26. The van der Waals surface area contributed by atoms with Crippen LogP contribution in [-0.4, -0.2) is 13.2 Å². The Morgan fingerprint density at radius 2 is 1.34 bits per heavy atom. The van der Waals surface area contributed by atoms with E-state index in [9.17, 15) is 0 Å². The molecule has 0 bridgehead atoms. The molecule has 2 aromatic carbocycles. The summed E-state index contributed by atoms with van der Waals surface area (Å²) in [4.78, 5) is 0. The smallest absolute Gasteiger partial charge is 0.183 e. The van der Waals surface area contributed by atoms with Crippen LogP contribution in [0.4, 0.5) is 4.39 Å². The molecule has 2 saturated carbocycles. The van der Waals surface area contributed by atoms with E-state index in [1.807, 2.05) is 36.4 Å². The predicted molar refractivity (Wildman–Crippen MR) is 155 cm³/mol. The summed E-state index contributed by atoms with van der Waals surface area (Å²) in [5, 5.41) is 0. The van der Waals surface area contributed by atoms with Crippen LogP contribution in [0.25, 0.3) is 11.1 Å². The Balaban J connectivity index is 1.12. The van der Waals surface area contributed by atoms with Crippen LogP contribution >= 0.6 is 0 Å². The Hall–Kier alpha value is -1.71. The highest BCUT2D eigenvalue weighted by molar-refractivity contribution is 5.65. The number of hydrogen-bond donors (Lipinski definition) is 0. The minimum absolute atomic E-state index is 0.102. The predicted octanol–water partition coefficient (Wildman–Crippen LogP) is 10.2. The van der Waals surface area contributed by atoms with Crippen LogP contribution in [0, 0.1) is 29.5 Å². The third-order valence-corrected chi connectivity index (χ3v) is 10.0. The van der Waals surface area contributed by atoms with E-state index in [1.54, 1.807) is 0 Å². The molecule has 208 valence electrons. The molecule has 2 nitrogen and oxygen atoms in total. The maximum atomic E-state index is 15.3. The van der Waals surface area contributed by atoms with E-state index >= 15 is 4.39 Å². The third-order valence-electron chi connectivity index (χ3n) is 10.0. The van der Waals surface area contributed by atoms with Gasteiger partial charge < -0.3 is 9.47 Å². The topological polar surface area (TPSA) is 18.5 Å². The van der Waals surface area contributed by atoms with Crippen molar-refractivity contribution in [3.63, 3.8) is 0 Å². The summed E-state index contributed by atoms with van der Waals surface area (Å²) in [7, 11) is 0. The summed E-state index contributed by atoms with van der Waals surface area (Å²) in [6.45, 7) is 5.94. The van der Waals surface area contributed by atoms with Gasteiger partial charge in [0.25, 0.3) is 0 Å². The van der Waals surface area contributed by atoms with Gasteiger partial charge in [-0.1, -0.05) is 88.8 Å². The third kappa shape index (κ3) is 6.89. The molecule has 2 aromatic rings. The molecule has 3 fully saturated rings. The van der Waals surface area contributed by atoms with Gasteiger partial charge in [0.2, 0.25) is 0 Å². The Kier molecular flexibility index (Phi) is 9.95. The molecule has 0 spiro atoms. The van der Waals surface area contributed by atoms with Crippen LogP contribution in [0.5, 0.6) is 0 Å². The molecule has 0 aromatic heterocycles. The van der Waals surface area contributed by atoms with Gasteiger partial charge in [0.15, 0.2) is 6.29 Å². The van der Waals surface area contributed by atoms with Crippen molar-refractivity contribution < 1.29 is 13.9 Å². The highest BCUT2D eigenvalue weighted by Gasteiger charge is 2.31. The first-order valence-electron chi connectivity index (χ1n) is 15.8. The molecular weight excluding hydrogens is 471 g/mol. The summed E-state index contributed by atoms with van der Waals surface area (Å²) >= 11 is 0. The van der Waals surface area contributed by atoms with Gasteiger partial charge in [-0.25, -0.2) is 4.39 Å². The lowest BCUT2D eigenvalue weighted by molar-refractivity contribution is -0.205. The highest BCUT2D eigenvalue weighted by atomic mass is 19.1. The maximum absolute atomic E-state index is 15.3. The molecular formula is C35H49FO2. The van der Waals surface area contributed by atoms with Crippen LogP contribution in [0.3, 0.4) is 0 Å². The van der Waals surface area contributed by atoms with Crippen LogP contribution in [0.2, 0.25) is 0 Å². The fraction of sp³-hybridized carbons (Fsp3) is 0.657. The summed E-state index contributed by atoms with van der Waals surface area (Å²) < 4.78 is 27.1. The number of benzene rings is 2. The van der Waals surface area contributed by atoms with Crippen LogP contribution in [0.1, 0.15) is 121 Å². The standard InChI is InChI=1S/C35H49FO2/c1-3-5-6-7-26-8-10-27(11-9-26)28-12-14-29(15-13-28)32-20-21-33(34(36)22-32)30-16-18-31(19-17-30)35-37-23-25(4-2)24-38-35/h16-22,25-29,35H,3-15,23-24H2,1-2H3. The molecule has 2 aliphatic carbocycles. The van der Waals surface area contributed by atoms with Crippen molar-refractivity contribution in [1.82, 2.24) is 0 Å². The molecule has 5 rings (SSSR count). The number of rotatable bonds is 9. The number of halogens is 1. The Morgan fingerprint density at radius 1 is 0.711 bits per heavy atom. The normalized spacial score (nSPS) is 30.3. The highest BCUT2D eigenvalue weighted by Crippen LogP contribution is 2.45. The molecule has 3 aliphatic rings. The monoisotopic (exact) mass is 520 g/mol. The van der Waals surface area contributed by atoms with Gasteiger partial charge in [0.05, 0.1) is 13.2 Å². The number of hydrogen-bond acceptors (Lipinski definition) is 2. The maximum Gasteiger partial charge on any atom is 0.183 e. The summed E-state index contributed by atoms with van der Waals surface area (Å²) in [6.07, 6.45) is 17.3. The van der Waals surface area contributed by atoms with Crippen molar-refractivity contribution in [3.05, 3.63) is 59.4 Å². The van der Waals surface area contributed by atoms with Crippen molar-refractivity contribution in [3.8, 4) is 11.1 Å². The largest absolute Gasteiger partial charge is 0.348 e. The Morgan fingerprint density at radius 3 is 1.95 bits per heavy atom. The zero-order valence-corrected chi connectivity index (χ0v) is 23.8. The first-order valence-corrected chi connectivity index (χ1v) is 15.8. The fourth-order valence-electron chi connectivity index (χ4n) is 7.37. The quantitative estimate of drug-likeness (QED) is 0.306. The minimum atomic E-state index is -0.310. The zero-order chi connectivity index (χ0) is 26.3. The van der Waals surface area contributed by atoms with Crippen LogP contribution in [-0.2, 0) is 9.47 Å². The van der Waals surface area contributed by atoms with E-state index in [0.29, 0.717) is 17.4 Å². The van der Waals surface area contributed by atoms with Crippen LogP contribution < -0.4 is 0 Å². The molecule has 1 aliphatic heterocycles. The SMILES string of the molecule is CCCCCC1CCC(C2CCC(c3ccc(-c4ccc(C5OCC(CC)CO5)cc4)c(F)c3)CC2)CC1. The minimum Gasteiger partial charge on any atom is -0.348 e. The molecule has 1 heterocycles. The molecule has 0 unspecified atom stereocenters. The summed E-state index contributed by atoms with van der Waals surface area (Å²) in [6, 6.07) is 14.0. The molecule has 3 heteroatoms. The van der Waals surface area contributed by atoms with Crippen molar-refractivity contribution >= 4 is 0 Å². The molecule has 0 amide bonds. The molecule has 0 radical (unpaired) electrons. The zero-order valence-electron chi connectivity index (χ0n) is 23.8.